The highest BCUT2D eigenvalue weighted by molar-refractivity contribution is 5.91. The quantitative estimate of drug-likeness (QED) is 0.692. The van der Waals surface area contributed by atoms with Crippen LogP contribution in [0.5, 0.6) is 0 Å². The fourth-order valence-corrected chi connectivity index (χ4v) is 1.63. The van der Waals surface area contributed by atoms with Gasteiger partial charge in [0.2, 0.25) is 0 Å². The van der Waals surface area contributed by atoms with E-state index in [1.807, 2.05) is 13.0 Å². The molecule has 0 spiro atoms. The molecule has 80 valence electrons. The van der Waals surface area contributed by atoms with Crippen molar-refractivity contribution in [1.29, 1.82) is 0 Å². The number of rotatable bonds is 3. The van der Waals surface area contributed by atoms with Gasteiger partial charge in [0.25, 0.3) is 0 Å². The van der Waals surface area contributed by atoms with Crippen molar-refractivity contribution in [2.45, 2.75) is 13.0 Å². The molecule has 1 aliphatic heterocycles. The lowest BCUT2D eigenvalue weighted by atomic mass is 10.1. The number of carboxylic acids is 1. The highest BCUT2D eigenvalue weighted by Crippen LogP contribution is 2.20. The first kappa shape index (κ1) is 9.98. The minimum absolute atomic E-state index is 0.368. The Balaban J connectivity index is 2.22. The van der Waals surface area contributed by atoms with Gasteiger partial charge in [-0.3, -0.25) is 0 Å². The molecule has 1 aromatic carbocycles. The van der Waals surface area contributed by atoms with E-state index >= 15 is 0 Å². The SMILES string of the molecule is Cc1c(NC2CNC2)cccc1C(=O)O. The van der Waals surface area contributed by atoms with E-state index in [-0.39, 0.29) is 0 Å². The van der Waals surface area contributed by atoms with Crippen molar-refractivity contribution >= 4 is 11.7 Å². The van der Waals surface area contributed by atoms with Gasteiger partial charge in [-0.1, -0.05) is 6.07 Å². The van der Waals surface area contributed by atoms with Crippen LogP contribution in [-0.2, 0) is 0 Å². The molecular formula is C11H14N2O2. The summed E-state index contributed by atoms with van der Waals surface area (Å²) in [5, 5.41) is 15.4. The maximum atomic E-state index is 10.9. The molecule has 4 nitrogen and oxygen atoms in total. The van der Waals surface area contributed by atoms with Gasteiger partial charge in [-0.15, -0.1) is 0 Å². The van der Waals surface area contributed by atoms with Crippen LogP contribution in [0.2, 0.25) is 0 Å². The van der Waals surface area contributed by atoms with Crippen molar-refractivity contribution < 1.29 is 9.90 Å². The van der Waals surface area contributed by atoms with Crippen LogP contribution < -0.4 is 10.6 Å². The number of anilines is 1. The lowest BCUT2D eigenvalue weighted by molar-refractivity contribution is 0.0696. The second-order valence-corrected chi connectivity index (χ2v) is 3.78. The molecular weight excluding hydrogens is 192 g/mol. The molecule has 0 atom stereocenters. The Morgan fingerprint density at radius 2 is 2.27 bits per heavy atom. The van der Waals surface area contributed by atoms with Crippen molar-refractivity contribution in [2.75, 3.05) is 18.4 Å². The Morgan fingerprint density at radius 1 is 1.53 bits per heavy atom. The second-order valence-electron chi connectivity index (χ2n) is 3.78. The smallest absolute Gasteiger partial charge is 0.336 e. The summed E-state index contributed by atoms with van der Waals surface area (Å²) in [4.78, 5) is 10.9. The zero-order chi connectivity index (χ0) is 10.8. The Kier molecular flexibility index (Phi) is 2.60. The zero-order valence-corrected chi connectivity index (χ0v) is 8.58. The van der Waals surface area contributed by atoms with Crippen LogP contribution in [0, 0.1) is 6.92 Å². The third kappa shape index (κ3) is 1.94. The standard InChI is InChI=1S/C11H14N2O2/c1-7-9(11(14)15)3-2-4-10(7)13-8-5-12-6-8/h2-4,8,12-13H,5-6H2,1H3,(H,14,15). The normalized spacial score (nSPS) is 15.8. The van der Waals surface area contributed by atoms with Gasteiger partial charge in [0.15, 0.2) is 0 Å². The lowest BCUT2D eigenvalue weighted by Crippen LogP contribution is -2.51. The molecule has 1 aromatic rings. The topological polar surface area (TPSA) is 61.4 Å². The molecule has 1 saturated heterocycles. The van der Waals surface area contributed by atoms with Gasteiger partial charge in [-0.25, -0.2) is 4.79 Å². The van der Waals surface area contributed by atoms with Crippen molar-refractivity contribution in [2.24, 2.45) is 0 Å². The highest BCUT2D eigenvalue weighted by atomic mass is 16.4. The molecule has 0 bridgehead atoms. The van der Waals surface area contributed by atoms with Crippen LogP contribution in [0.15, 0.2) is 18.2 Å². The van der Waals surface area contributed by atoms with Crippen molar-refractivity contribution in [3.63, 3.8) is 0 Å². The number of benzene rings is 1. The fourth-order valence-electron chi connectivity index (χ4n) is 1.63. The average molecular weight is 206 g/mol. The van der Waals surface area contributed by atoms with E-state index in [2.05, 4.69) is 10.6 Å². The monoisotopic (exact) mass is 206 g/mol. The summed E-state index contributed by atoms with van der Waals surface area (Å²) in [6.45, 7) is 3.71. The number of carbonyl (C=O) groups is 1. The molecule has 0 amide bonds. The molecule has 1 heterocycles. The van der Waals surface area contributed by atoms with Crippen LogP contribution >= 0.6 is 0 Å². The maximum Gasteiger partial charge on any atom is 0.336 e. The fraction of sp³-hybridized carbons (Fsp3) is 0.364. The van der Waals surface area contributed by atoms with Gasteiger partial charge in [0.1, 0.15) is 0 Å². The molecule has 0 saturated carbocycles. The van der Waals surface area contributed by atoms with Crippen molar-refractivity contribution in [3.8, 4) is 0 Å². The lowest BCUT2D eigenvalue weighted by Gasteiger charge is -2.29. The largest absolute Gasteiger partial charge is 0.478 e. The van der Waals surface area contributed by atoms with Crippen LogP contribution in [0.3, 0.4) is 0 Å². The average Bonchev–Trinajstić information content (AvgIpc) is 2.13. The Labute approximate surface area is 88.3 Å². The molecule has 0 aromatic heterocycles. The third-order valence-electron chi connectivity index (χ3n) is 2.71. The molecule has 2 rings (SSSR count). The molecule has 15 heavy (non-hydrogen) atoms. The second kappa shape index (κ2) is 3.90. The summed E-state index contributed by atoms with van der Waals surface area (Å²) in [5.74, 6) is -0.872. The summed E-state index contributed by atoms with van der Waals surface area (Å²) in [6, 6.07) is 5.74. The first-order valence-corrected chi connectivity index (χ1v) is 4.98. The predicted molar refractivity (Wildman–Crippen MR) is 58.4 cm³/mol. The van der Waals surface area contributed by atoms with Crippen molar-refractivity contribution in [3.05, 3.63) is 29.3 Å². The van der Waals surface area contributed by atoms with Gasteiger partial charge < -0.3 is 15.7 Å². The zero-order valence-electron chi connectivity index (χ0n) is 8.58. The number of carboxylic acid groups (broad SMARTS) is 1. The van der Waals surface area contributed by atoms with Gasteiger partial charge in [0, 0.05) is 18.8 Å². The van der Waals surface area contributed by atoms with Crippen LogP contribution in [0.25, 0.3) is 0 Å². The number of nitrogens with one attached hydrogen (secondary N) is 2. The summed E-state index contributed by atoms with van der Waals surface area (Å²) >= 11 is 0. The highest BCUT2D eigenvalue weighted by Gasteiger charge is 2.18. The number of hydrogen-bond donors (Lipinski definition) is 3. The van der Waals surface area contributed by atoms with Crippen LogP contribution in [0.1, 0.15) is 15.9 Å². The Hall–Kier alpha value is -1.55. The summed E-state index contributed by atoms with van der Waals surface area (Å²) in [5.41, 5.74) is 2.09. The number of aromatic carboxylic acids is 1. The number of hydrogen-bond acceptors (Lipinski definition) is 3. The van der Waals surface area contributed by atoms with Crippen molar-refractivity contribution in [1.82, 2.24) is 5.32 Å². The minimum atomic E-state index is -0.872. The van der Waals surface area contributed by atoms with Gasteiger partial charge in [0.05, 0.1) is 11.6 Å². The molecule has 3 N–H and O–H groups in total. The minimum Gasteiger partial charge on any atom is -0.478 e. The van der Waals surface area contributed by atoms with Gasteiger partial charge in [-0.05, 0) is 24.6 Å². The van der Waals surface area contributed by atoms with E-state index < -0.39 is 5.97 Å². The molecule has 1 fully saturated rings. The van der Waals surface area contributed by atoms with Crippen LogP contribution in [-0.4, -0.2) is 30.2 Å². The Bertz CT molecular complexity index is 386. The first-order valence-electron chi connectivity index (χ1n) is 4.98. The van der Waals surface area contributed by atoms with E-state index in [0.717, 1.165) is 24.3 Å². The van der Waals surface area contributed by atoms with Gasteiger partial charge >= 0.3 is 5.97 Å². The molecule has 0 unspecified atom stereocenters. The van der Waals surface area contributed by atoms with E-state index in [9.17, 15) is 4.79 Å². The predicted octanol–water partition coefficient (Wildman–Crippen LogP) is 1.08. The first-order chi connectivity index (χ1) is 7.18. The molecule has 1 aliphatic rings. The van der Waals surface area contributed by atoms with Crippen LogP contribution in [0.4, 0.5) is 5.69 Å². The van der Waals surface area contributed by atoms with Gasteiger partial charge in [-0.2, -0.15) is 0 Å². The molecule has 0 radical (unpaired) electrons. The molecule has 4 heteroatoms. The van der Waals surface area contributed by atoms with E-state index in [4.69, 9.17) is 5.11 Å². The summed E-state index contributed by atoms with van der Waals surface area (Å²) in [6.07, 6.45) is 0. The van der Waals surface area contributed by atoms with E-state index in [1.165, 1.54) is 0 Å². The molecule has 0 aliphatic carbocycles. The Morgan fingerprint density at radius 3 is 2.80 bits per heavy atom. The maximum absolute atomic E-state index is 10.9. The van der Waals surface area contributed by atoms with E-state index in [1.54, 1.807) is 12.1 Å². The van der Waals surface area contributed by atoms with E-state index in [0.29, 0.717) is 11.6 Å². The third-order valence-corrected chi connectivity index (χ3v) is 2.71. The summed E-state index contributed by atoms with van der Waals surface area (Å²) < 4.78 is 0. The summed E-state index contributed by atoms with van der Waals surface area (Å²) in [7, 11) is 0.